The van der Waals surface area contributed by atoms with E-state index in [4.69, 9.17) is 4.74 Å². The van der Waals surface area contributed by atoms with E-state index in [1.54, 1.807) is 43.5 Å². The van der Waals surface area contributed by atoms with Crippen molar-refractivity contribution >= 4 is 16.0 Å². The fraction of sp³-hybridized carbons (Fsp3) is 0.389. The summed E-state index contributed by atoms with van der Waals surface area (Å²) in [6.07, 6.45) is 3.66. The van der Waals surface area contributed by atoms with Crippen molar-refractivity contribution in [2.24, 2.45) is 0 Å². The molecular weight excluding hydrogens is 326 g/mol. The zero-order valence-corrected chi connectivity index (χ0v) is 14.7. The van der Waals surface area contributed by atoms with E-state index < -0.39 is 10.0 Å². The molecule has 24 heavy (non-hydrogen) atoms. The van der Waals surface area contributed by atoms with Gasteiger partial charge in [-0.3, -0.25) is 4.79 Å². The van der Waals surface area contributed by atoms with Crippen LogP contribution in [0.15, 0.2) is 41.4 Å². The Morgan fingerprint density at radius 2 is 1.96 bits per heavy atom. The molecule has 0 aliphatic heterocycles. The second-order valence-electron chi connectivity index (χ2n) is 6.03. The maximum Gasteiger partial charge on any atom is 0.313 e. The fourth-order valence-electron chi connectivity index (χ4n) is 3.20. The smallest absolute Gasteiger partial charge is 0.313 e. The first kappa shape index (κ1) is 16.8. The highest BCUT2D eigenvalue weighted by Gasteiger charge is 2.32. The lowest BCUT2D eigenvalue weighted by molar-refractivity contribution is -0.145. The van der Waals surface area contributed by atoms with E-state index in [2.05, 4.69) is 0 Å². The molecule has 1 aromatic heterocycles. The molecule has 1 aliphatic rings. The van der Waals surface area contributed by atoms with Crippen LogP contribution in [0.25, 0.3) is 0 Å². The highest BCUT2D eigenvalue weighted by Crippen LogP contribution is 2.35. The number of esters is 1. The van der Waals surface area contributed by atoms with E-state index in [9.17, 15) is 13.2 Å². The molecule has 0 spiro atoms. The number of ether oxygens (including phenoxy) is 1. The van der Waals surface area contributed by atoms with Crippen LogP contribution in [0.5, 0.6) is 0 Å². The molecule has 1 atom stereocenters. The lowest BCUT2D eigenvalue weighted by Gasteiger charge is -2.22. The SMILES string of the molecule is CCOC(=O)C1CCCc2c1ccn2S(=O)(=O)c1ccc(C)cc1. The zero-order chi connectivity index (χ0) is 17.3. The Labute approximate surface area is 142 Å². The van der Waals surface area contributed by atoms with Gasteiger partial charge in [0.05, 0.1) is 17.4 Å². The molecule has 0 saturated heterocycles. The number of carbonyl (C=O) groups excluding carboxylic acids is 1. The summed E-state index contributed by atoms with van der Waals surface area (Å²) in [5.74, 6) is -0.646. The molecule has 0 saturated carbocycles. The van der Waals surface area contributed by atoms with Gasteiger partial charge in [-0.05, 0) is 56.9 Å². The number of aromatic nitrogens is 1. The molecule has 5 nitrogen and oxygen atoms in total. The van der Waals surface area contributed by atoms with E-state index in [0.29, 0.717) is 25.1 Å². The Hall–Kier alpha value is -2.08. The van der Waals surface area contributed by atoms with Gasteiger partial charge in [-0.1, -0.05) is 17.7 Å². The van der Waals surface area contributed by atoms with Gasteiger partial charge in [0.1, 0.15) is 0 Å². The van der Waals surface area contributed by atoms with Crippen molar-refractivity contribution in [2.75, 3.05) is 6.61 Å². The van der Waals surface area contributed by atoms with Crippen molar-refractivity contribution in [3.63, 3.8) is 0 Å². The average molecular weight is 347 g/mol. The quantitative estimate of drug-likeness (QED) is 0.798. The number of hydrogen-bond acceptors (Lipinski definition) is 4. The number of nitrogens with zero attached hydrogens (tertiary/aromatic N) is 1. The molecule has 0 fully saturated rings. The average Bonchev–Trinajstić information content (AvgIpc) is 3.00. The molecule has 2 aromatic rings. The molecule has 6 heteroatoms. The molecule has 1 unspecified atom stereocenters. The van der Waals surface area contributed by atoms with Gasteiger partial charge in [0.25, 0.3) is 10.0 Å². The molecule has 0 bridgehead atoms. The van der Waals surface area contributed by atoms with Crippen LogP contribution in [-0.2, 0) is 26.0 Å². The minimum atomic E-state index is -3.65. The zero-order valence-electron chi connectivity index (χ0n) is 13.9. The third kappa shape index (κ3) is 2.86. The summed E-state index contributed by atoms with van der Waals surface area (Å²) in [6, 6.07) is 8.53. The van der Waals surface area contributed by atoms with Crippen molar-refractivity contribution in [2.45, 2.75) is 43.9 Å². The van der Waals surface area contributed by atoms with Crippen LogP contribution in [0.4, 0.5) is 0 Å². The largest absolute Gasteiger partial charge is 0.466 e. The van der Waals surface area contributed by atoms with Crippen LogP contribution in [-0.4, -0.2) is 25.0 Å². The number of benzene rings is 1. The maximum absolute atomic E-state index is 12.9. The highest BCUT2D eigenvalue weighted by molar-refractivity contribution is 7.90. The Morgan fingerprint density at radius 3 is 2.62 bits per heavy atom. The predicted octanol–water partition coefficient (Wildman–Crippen LogP) is 3.02. The Balaban J connectivity index is 2.02. The highest BCUT2D eigenvalue weighted by atomic mass is 32.2. The number of fused-ring (bicyclic) bond motifs is 1. The van der Waals surface area contributed by atoms with Crippen molar-refractivity contribution in [3.05, 3.63) is 53.3 Å². The molecule has 0 radical (unpaired) electrons. The Morgan fingerprint density at radius 1 is 1.25 bits per heavy atom. The van der Waals surface area contributed by atoms with Crippen LogP contribution < -0.4 is 0 Å². The molecule has 3 rings (SSSR count). The second-order valence-corrected chi connectivity index (χ2v) is 7.84. The lowest BCUT2D eigenvalue weighted by atomic mass is 9.87. The first-order valence-electron chi connectivity index (χ1n) is 8.14. The normalized spacial score (nSPS) is 17.3. The number of hydrogen-bond donors (Lipinski definition) is 0. The molecule has 0 amide bonds. The van der Waals surface area contributed by atoms with Crippen molar-refractivity contribution in [3.8, 4) is 0 Å². The van der Waals surface area contributed by atoms with Gasteiger partial charge >= 0.3 is 5.97 Å². The standard InChI is InChI=1S/C18H21NO4S/c1-3-23-18(20)16-5-4-6-17-15(16)11-12-19(17)24(21,22)14-9-7-13(2)8-10-14/h7-12,16H,3-6H2,1-2H3. The minimum absolute atomic E-state index is 0.254. The summed E-state index contributed by atoms with van der Waals surface area (Å²) in [5.41, 5.74) is 2.47. The van der Waals surface area contributed by atoms with Crippen LogP contribution in [0.3, 0.4) is 0 Å². The minimum Gasteiger partial charge on any atom is -0.466 e. The molecular formula is C18H21NO4S. The molecule has 1 aliphatic carbocycles. The first-order valence-corrected chi connectivity index (χ1v) is 9.58. The molecule has 1 aromatic carbocycles. The van der Waals surface area contributed by atoms with Gasteiger partial charge in [0, 0.05) is 11.9 Å². The van der Waals surface area contributed by atoms with Crippen molar-refractivity contribution in [1.82, 2.24) is 3.97 Å². The van der Waals surface area contributed by atoms with E-state index >= 15 is 0 Å². The van der Waals surface area contributed by atoms with E-state index in [-0.39, 0.29) is 16.8 Å². The summed E-state index contributed by atoms with van der Waals surface area (Å²) in [7, 11) is -3.65. The van der Waals surface area contributed by atoms with Crippen LogP contribution in [0.1, 0.15) is 42.5 Å². The van der Waals surface area contributed by atoms with Crippen LogP contribution in [0, 0.1) is 6.92 Å². The van der Waals surface area contributed by atoms with E-state index in [0.717, 1.165) is 17.5 Å². The number of rotatable bonds is 4. The van der Waals surface area contributed by atoms with Gasteiger partial charge < -0.3 is 4.74 Å². The van der Waals surface area contributed by atoms with E-state index in [1.165, 1.54) is 3.97 Å². The summed E-state index contributed by atoms with van der Waals surface area (Å²) < 4.78 is 32.3. The number of aryl methyl sites for hydroxylation is 1. The molecule has 1 heterocycles. The predicted molar refractivity (Wildman–Crippen MR) is 90.5 cm³/mol. The maximum atomic E-state index is 12.9. The van der Waals surface area contributed by atoms with Gasteiger partial charge in [-0.2, -0.15) is 0 Å². The second kappa shape index (κ2) is 6.43. The fourth-order valence-corrected chi connectivity index (χ4v) is 4.61. The van der Waals surface area contributed by atoms with Crippen LogP contribution in [0.2, 0.25) is 0 Å². The van der Waals surface area contributed by atoms with Crippen molar-refractivity contribution in [1.29, 1.82) is 0 Å². The summed E-state index contributed by atoms with van der Waals surface area (Å²) in [4.78, 5) is 12.4. The van der Waals surface area contributed by atoms with E-state index in [1.807, 2.05) is 6.92 Å². The Kier molecular flexibility index (Phi) is 4.49. The van der Waals surface area contributed by atoms with Gasteiger partial charge in [0.15, 0.2) is 0 Å². The number of carbonyl (C=O) groups is 1. The topological polar surface area (TPSA) is 65.4 Å². The first-order chi connectivity index (χ1) is 11.4. The molecule has 0 N–H and O–H groups in total. The summed E-state index contributed by atoms with van der Waals surface area (Å²) in [5, 5.41) is 0. The van der Waals surface area contributed by atoms with Gasteiger partial charge in [0.2, 0.25) is 0 Å². The van der Waals surface area contributed by atoms with Crippen LogP contribution >= 0.6 is 0 Å². The monoisotopic (exact) mass is 347 g/mol. The summed E-state index contributed by atoms with van der Waals surface area (Å²) >= 11 is 0. The summed E-state index contributed by atoms with van der Waals surface area (Å²) in [6.45, 7) is 4.01. The molecule has 128 valence electrons. The van der Waals surface area contributed by atoms with Gasteiger partial charge in [-0.25, -0.2) is 12.4 Å². The Bertz CT molecular complexity index is 850. The third-order valence-corrected chi connectivity index (χ3v) is 6.15. The third-order valence-electron chi connectivity index (χ3n) is 4.42. The lowest BCUT2D eigenvalue weighted by Crippen LogP contribution is -2.23. The van der Waals surface area contributed by atoms with Crippen molar-refractivity contribution < 1.29 is 17.9 Å². The van der Waals surface area contributed by atoms with Gasteiger partial charge in [-0.15, -0.1) is 0 Å².